The first-order valence-electron chi connectivity index (χ1n) is 14.7. The zero-order valence-electron chi connectivity index (χ0n) is 26.5. The van der Waals surface area contributed by atoms with Crippen LogP contribution in [-0.4, -0.2) is 76.4 Å². The highest BCUT2D eigenvalue weighted by Crippen LogP contribution is 2.33. The first kappa shape index (κ1) is 35.4. The Bertz CT molecular complexity index is 1420. The molecule has 0 unspecified atom stereocenters. The van der Waals surface area contributed by atoms with E-state index in [1.807, 2.05) is 68.4 Å². The van der Waals surface area contributed by atoms with Crippen molar-refractivity contribution < 1.29 is 29.4 Å². The van der Waals surface area contributed by atoms with Crippen molar-refractivity contribution in [1.29, 1.82) is 0 Å². The van der Waals surface area contributed by atoms with E-state index in [2.05, 4.69) is 24.5 Å². The molecule has 3 aromatic rings. The number of amides is 3. The first-order valence-corrected chi connectivity index (χ1v) is 15.7. The lowest BCUT2D eigenvalue weighted by Crippen LogP contribution is -2.53. The fourth-order valence-corrected chi connectivity index (χ4v) is 5.68. The van der Waals surface area contributed by atoms with Crippen LogP contribution in [0.25, 0.3) is 0 Å². The quantitative estimate of drug-likeness (QED) is 0.174. The van der Waals surface area contributed by atoms with Crippen molar-refractivity contribution in [3.05, 3.63) is 95.1 Å². The number of nitrogens with one attached hydrogen (secondary N) is 2. The van der Waals surface area contributed by atoms with Crippen LogP contribution in [0.2, 0.25) is 0 Å². The lowest BCUT2D eigenvalue weighted by Gasteiger charge is -2.27. The summed E-state index contributed by atoms with van der Waals surface area (Å²) in [5, 5.41) is 27.0. The number of thioether (sulfide) groups is 1. The lowest BCUT2D eigenvalue weighted by atomic mass is 10.00. The van der Waals surface area contributed by atoms with Gasteiger partial charge in [-0.25, -0.2) is 0 Å². The van der Waals surface area contributed by atoms with Crippen molar-refractivity contribution in [2.24, 2.45) is 0 Å². The molecule has 11 heteroatoms. The van der Waals surface area contributed by atoms with Crippen LogP contribution >= 0.6 is 11.8 Å². The molecule has 242 valence electrons. The topological polar surface area (TPSA) is 131 Å². The van der Waals surface area contributed by atoms with Crippen molar-refractivity contribution in [1.82, 2.24) is 15.5 Å². The van der Waals surface area contributed by atoms with Gasteiger partial charge in [-0.15, -0.1) is 11.8 Å². The largest absolute Gasteiger partial charge is 0.483 e. The number of aliphatic hydroxyl groups is 1. The summed E-state index contributed by atoms with van der Waals surface area (Å²) in [6.45, 7) is 8.85. The number of carbonyl (C=O) groups is 3. The van der Waals surface area contributed by atoms with Gasteiger partial charge in [-0.1, -0.05) is 60.7 Å². The predicted octanol–water partition coefficient (Wildman–Crippen LogP) is 3.84. The number of hydrogen-bond acceptors (Lipinski definition) is 8. The van der Waals surface area contributed by atoms with Crippen LogP contribution in [0.15, 0.2) is 72.8 Å². The Kier molecular flexibility index (Phi) is 13.3. The number of rotatable bonds is 12. The Morgan fingerprint density at radius 2 is 1.76 bits per heavy atom. The summed E-state index contributed by atoms with van der Waals surface area (Å²) in [4.78, 5) is 37.4. The average molecular weight is 637 g/mol. The molecule has 10 nitrogen and oxygen atoms in total. The van der Waals surface area contributed by atoms with E-state index in [-0.39, 0.29) is 11.4 Å². The maximum absolute atomic E-state index is 13.0. The molecule has 4 N–H and O–H groups in total. The highest BCUT2D eigenvalue weighted by atomic mass is 32.2. The Morgan fingerprint density at radius 3 is 2.38 bits per heavy atom. The normalized spacial score (nSPS) is 14.8. The van der Waals surface area contributed by atoms with Crippen molar-refractivity contribution >= 4 is 35.7 Å². The minimum atomic E-state index is -1.38. The summed E-state index contributed by atoms with van der Waals surface area (Å²) in [6.07, 6.45) is -0.369. The van der Waals surface area contributed by atoms with E-state index in [9.17, 15) is 24.7 Å². The molecule has 0 aliphatic carbocycles. The van der Waals surface area contributed by atoms with E-state index in [1.165, 1.54) is 18.2 Å². The van der Waals surface area contributed by atoms with Gasteiger partial charge in [-0.2, -0.15) is 0 Å². The summed E-state index contributed by atoms with van der Waals surface area (Å²) in [7, 11) is 1.49. The smallest absolute Gasteiger partial charge is 0.258 e. The highest BCUT2D eigenvalue weighted by Gasteiger charge is 2.38. The predicted molar refractivity (Wildman–Crippen MR) is 177 cm³/mol. The van der Waals surface area contributed by atoms with Gasteiger partial charge in [0.2, 0.25) is 6.41 Å². The van der Waals surface area contributed by atoms with E-state index in [1.54, 1.807) is 34.9 Å². The fourth-order valence-electron chi connectivity index (χ4n) is 4.71. The number of aryl methyl sites for hydroxylation is 2. The average Bonchev–Trinajstić information content (AvgIpc) is 3.39. The zero-order valence-corrected chi connectivity index (χ0v) is 27.3. The molecule has 1 aliphatic rings. The second kappa shape index (κ2) is 16.9. The molecule has 0 aromatic heterocycles. The molecule has 2 atom stereocenters. The number of aliphatic hydroxyl groups excluding tert-OH is 1. The SMILES string of the molecule is Cc1ccc(N(C)O)cc1OCC(=O)N[C@@H](Cc1ccccc1)[C@H](O)C(=O)N1CSC(C)(C)C1.Cc1ccccc1CNC=O. The third-order valence-electron chi connectivity index (χ3n) is 7.31. The second-order valence-corrected chi connectivity index (χ2v) is 13.2. The molecule has 0 spiro atoms. The van der Waals surface area contributed by atoms with E-state index >= 15 is 0 Å². The molecule has 1 saturated heterocycles. The third kappa shape index (κ3) is 11.1. The van der Waals surface area contributed by atoms with Gasteiger partial charge < -0.3 is 25.4 Å². The molecule has 0 saturated carbocycles. The third-order valence-corrected chi connectivity index (χ3v) is 8.67. The summed E-state index contributed by atoms with van der Waals surface area (Å²) >= 11 is 1.66. The number of benzene rings is 3. The first-order chi connectivity index (χ1) is 21.4. The van der Waals surface area contributed by atoms with Crippen molar-refractivity contribution in [3.63, 3.8) is 0 Å². The summed E-state index contributed by atoms with van der Waals surface area (Å²) < 4.78 is 5.60. The lowest BCUT2D eigenvalue weighted by molar-refractivity contribution is -0.141. The Morgan fingerprint density at radius 1 is 1.07 bits per heavy atom. The van der Waals surface area contributed by atoms with Gasteiger partial charge in [0.1, 0.15) is 5.75 Å². The van der Waals surface area contributed by atoms with Crippen LogP contribution in [0.5, 0.6) is 5.75 Å². The molecule has 0 radical (unpaired) electrons. The van der Waals surface area contributed by atoms with Crippen LogP contribution in [0, 0.1) is 13.8 Å². The Hall–Kier alpha value is -4.06. The zero-order chi connectivity index (χ0) is 33.0. The van der Waals surface area contributed by atoms with Crippen LogP contribution in [0.4, 0.5) is 5.69 Å². The van der Waals surface area contributed by atoms with Gasteiger partial charge in [0.05, 0.1) is 17.6 Å². The van der Waals surface area contributed by atoms with Crippen LogP contribution in [-0.2, 0) is 27.3 Å². The van der Waals surface area contributed by atoms with Gasteiger partial charge in [0, 0.05) is 31.0 Å². The van der Waals surface area contributed by atoms with Gasteiger partial charge in [-0.05, 0) is 62.4 Å². The van der Waals surface area contributed by atoms with Gasteiger partial charge >= 0.3 is 0 Å². The van der Waals surface area contributed by atoms with Gasteiger partial charge in [0.25, 0.3) is 11.8 Å². The molecule has 4 rings (SSSR count). The molecule has 3 aromatic carbocycles. The van der Waals surface area contributed by atoms with E-state index in [4.69, 9.17) is 4.74 Å². The molecular formula is C34H44N4O6S. The minimum Gasteiger partial charge on any atom is -0.483 e. The number of hydrogen-bond donors (Lipinski definition) is 4. The van der Waals surface area contributed by atoms with E-state index < -0.39 is 24.0 Å². The Labute approximate surface area is 269 Å². The molecule has 45 heavy (non-hydrogen) atoms. The summed E-state index contributed by atoms with van der Waals surface area (Å²) in [5.41, 5.74) is 4.60. The van der Waals surface area contributed by atoms with Gasteiger partial charge in [0.15, 0.2) is 12.7 Å². The second-order valence-electron chi connectivity index (χ2n) is 11.6. The monoisotopic (exact) mass is 636 g/mol. The molecular weight excluding hydrogens is 592 g/mol. The maximum atomic E-state index is 13.0. The van der Waals surface area contributed by atoms with Crippen LogP contribution in [0.1, 0.15) is 36.1 Å². The minimum absolute atomic E-state index is 0.0730. The molecule has 1 fully saturated rings. The van der Waals surface area contributed by atoms with Gasteiger partial charge in [-0.3, -0.25) is 24.7 Å². The van der Waals surface area contributed by atoms with Crippen molar-refractivity contribution in [2.45, 2.75) is 57.6 Å². The van der Waals surface area contributed by atoms with E-state index in [0.717, 1.165) is 16.2 Å². The highest BCUT2D eigenvalue weighted by molar-refractivity contribution is 8.00. The fraction of sp³-hybridized carbons (Fsp3) is 0.382. The standard InChI is InChI=1S/C25H33N3O5S.C9H11NO/c1-17-10-11-19(27(4)32)13-21(17)33-14-22(29)26-20(12-18-8-6-5-7-9-18)23(30)24(31)28-15-25(2,3)34-16-28;1-8-4-2-3-5-9(8)6-10-7-11/h5-11,13,20,23,30,32H,12,14-16H2,1-4H3,(H,26,29);2-5,7H,6H2,1H3,(H,10,11)/t20-,23-;/m0./s1. The Balaban J connectivity index is 0.000000423. The number of ether oxygens (including phenoxy) is 1. The number of anilines is 1. The van der Waals surface area contributed by atoms with Crippen molar-refractivity contribution in [2.75, 3.05) is 31.1 Å². The molecule has 0 bridgehead atoms. The summed E-state index contributed by atoms with van der Waals surface area (Å²) in [6, 6.07) is 21.7. The molecule has 1 heterocycles. The number of nitrogens with zero attached hydrogens (tertiary/aromatic N) is 2. The molecule has 3 amide bonds. The number of carbonyl (C=O) groups excluding carboxylic acids is 3. The number of hydroxylamine groups is 1. The van der Waals surface area contributed by atoms with Crippen LogP contribution in [0.3, 0.4) is 0 Å². The summed E-state index contributed by atoms with van der Waals surface area (Å²) in [5.74, 6) is 0.120. The van der Waals surface area contributed by atoms with E-state index in [0.29, 0.717) is 43.2 Å². The van der Waals surface area contributed by atoms with Crippen LogP contribution < -0.4 is 20.4 Å². The van der Waals surface area contributed by atoms with Crippen molar-refractivity contribution in [3.8, 4) is 5.75 Å². The molecule has 1 aliphatic heterocycles. The maximum Gasteiger partial charge on any atom is 0.258 e.